The molecule has 0 bridgehead atoms. The van der Waals surface area contributed by atoms with Gasteiger partial charge < -0.3 is 18.3 Å². The van der Waals surface area contributed by atoms with Crippen LogP contribution in [0.1, 0.15) is 41.8 Å². The molecule has 6 heteroatoms. The van der Waals surface area contributed by atoms with E-state index in [1.807, 2.05) is 0 Å². The van der Waals surface area contributed by atoms with Crippen molar-refractivity contribution in [3.63, 3.8) is 0 Å². The predicted octanol–water partition coefficient (Wildman–Crippen LogP) is 11.8. The molecule has 6 nitrogen and oxygen atoms in total. The molecule has 0 amide bonds. The van der Waals surface area contributed by atoms with E-state index in [2.05, 4.69) is 226 Å². The van der Waals surface area contributed by atoms with Gasteiger partial charge in [-0.1, -0.05) is 84.9 Å². The van der Waals surface area contributed by atoms with Gasteiger partial charge in [-0.15, -0.1) is 0 Å². The van der Waals surface area contributed by atoms with E-state index in [0.717, 1.165) is 45.4 Å². The molecular formula is C55H54N6+2. The second-order valence-corrected chi connectivity index (χ2v) is 16.8. The van der Waals surface area contributed by atoms with Crippen LogP contribution in [-0.4, -0.2) is 18.3 Å². The van der Waals surface area contributed by atoms with Crippen molar-refractivity contribution < 1.29 is 9.13 Å². The maximum absolute atomic E-state index is 2.46. The van der Waals surface area contributed by atoms with Crippen LogP contribution in [0.25, 0.3) is 78.0 Å². The summed E-state index contributed by atoms with van der Waals surface area (Å²) in [5, 5.41) is 5.24. The summed E-state index contributed by atoms with van der Waals surface area (Å²) in [6.45, 7) is 8.39. The molecule has 0 fully saturated rings. The Hall–Kier alpha value is -6.92. The predicted molar refractivity (Wildman–Crippen MR) is 253 cm³/mol. The van der Waals surface area contributed by atoms with Crippen LogP contribution < -0.4 is 9.13 Å². The number of unbranched alkanes of at least 4 members (excludes halogenated alkanes) is 1. The SMILES string of the molecule is Cc1cc(C=Cc2cc[n+](CCCn3cc(-c4cn(C)c5ccccc45)c4ccccc43)c(C)c2)cc[n+]1CCCCn1cc(-c2cn(C)c3ccccc23)c2ccccc21. The van der Waals surface area contributed by atoms with Gasteiger partial charge in [-0.2, -0.15) is 0 Å². The Bertz CT molecular complexity index is 3240. The molecule has 0 saturated heterocycles. The quantitative estimate of drug-likeness (QED) is 0.0821. The molecule has 6 aromatic heterocycles. The normalized spacial score (nSPS) is 12.0. The maximum Gasteiger partial charge on any atom is 0.178 e. The number of pyridine rings is 2. The third-order valence-corrected chi connectivity index (χ3v) is 12.8. The molecule has 0 saturated carbocycles. The van der Waals surface area contributed by atoms with Crippen LogP contribution in [0.15, 0.2) is 159 Å². The highest BCUT2D eigenvalue weighted by atomic mass is 15.0. The van der Waals surface area contributed by atoms with Crippen molar-refractivity contribution in [2.45, 2.75) is 59.3 Å². The highest BCUT2D eigenvalue weighted by Crippen LogP contribution is 2.38. The standard InChI is InChI=1S/C55H54N6/c1-40-34-42(26-32-58(40)28-13-14-29-60-38-50(46-18-7-11-22-54(46)60)48-36-56(3)52-20-9-5-16-44(48)52)24-25-43-27-33-59(41(2)35-43)30-15-31-61-39-51(47-19-8-12-23-55(47)61)49-37-57(4)53-21-10-6-17-45(49)53/h5-12,16-27,32-39H,13-15,28-31H2,1-4H3/q+2. The van der Waals surface area contributed by atoms with Crippen molar-refractivity contribution in [2.24, 2.45) is 14.1 Å². The van der Waals surface area contributed by atoms with Crippen LogP contribution in [0.4, 0.5) is 0 Å². The third-order valence-electron chi connectivity index (χ3n) is 12.8. The molecule has 0 unspecified atom stereocenters. The van der Waals surface area contributed by atoms with Crippen LogP contribution >= 0.6 is 0 Å². The molecule has 4 aromatic carbocycles. The molecule has 6 heterocycles. The largest absolute Gasteiger partial charge is 0.350 e. The Kier molecular flexibility index (Phi) is 10.2. The highest BCUT2D eigenvalue weighted by Gasteiger charge is 2.17. The molecule has 0 atom stereocenters. The number of nitrogens with zero attached hydrogens (tertiary/aromatic N) is 6. The van der Waals surface area contributed by atoms with Gasteiger partial charge in [0.15, 0.2) is 23.8 Å². The van der Waals surface area contributed by atoms with Gasteiger partial charge in [0.1, 0.15) is 13.1 Å². The van der Waals surface area contributed by atoms with E-state index in [4.69, 9.17) is 0 Å². The molecule has 0 radical (unpaired) electrons. The van der Waals surface area contributed by atoms with Crippen molar-refractivity contribution >= 4 is 55.8 Å². The number of rotatable bonds is 13. The summed E-state index contributed by atoms with van der Waals surface area (Å²) in [6.07, 6.45) is 21.6. The number of hydrogen-bond acceptors (Lipinski definition) is 0. The van der Waals surface area contributed by atoms with E-state index in [-0.39, 0.29) is 0 Å². The molecule has 0 N–H and O–H groups in total. The number of para-hydroxylation sites is 4. The van der Waals surface area contributed by atoms with Gasteiger partial charge >= 0.3 is 0 Å². The Labute approximate surface area is 358 Å². The first-order valence-electron chi connectivity index (χ1n) is 21.8. The van der Waals surface area contributed by atoms with Crippen molar-refractivity contribution in [3.05, 3.63) is 181 Å². The molecule has 10 aromatic rings. The van der Waals surface area contributed by atoms with Gasteiger partial charge in [0.2, 0.25) is 0 Å². The van der Waals surface area contributed by atoms with Crippen LogP contribution in [0.5, 0.6) is 0 Å². The monoisotopic (exact) mass is 798 g/mol. The summed E-state index contributed by atoms with van der Waals surface area (Å²) in [5.74, 6) is 0. The van der Waals surface area contributed by atoms with Gasteiger partial charge in [0, 0.05) is 169 Å². The van der Waals surface area contributed by atoms with Gasteiger partial charge in [0.05, 0.1) is 0 Å². The van der Waals surface area contributed by atoms with E-state index >= 15 is 0 Å². The fraction of sp³-hybridized carbons (Fsp3) is 0.200. The minimum Gasteiger partial charge on any atom is -0.350 e. The van der Waals surface area contributed by atoms with Crippen molar-refractivity contribution in [1.29, 1.82) is 0 Å². The Morgan fingerprint density at radius 3 is 1.26 bits per heavy atom. The zero-order chi connectivity index (χ0) is 41.5. The van der Waals surface area contributed by atoms with Crippen LogP contribution in [0.2, 0.25) is 0 Å². The van der Waals surface area contributed by atoms with E-state index in [1.165, 1.54) is 88.4 Å². The number of fused-ring (bicyclic) bond motifs is 4. The lowest BCUT2D eigenvalue weighted by molar-refractivity contribution is -0.703. The lowest BCUT2D eigenvalue weighted by Crippen LogP contribution is -2.37. The van der Waals surface area contributed by atoms with Gasteiger partial charge in [-0.3, -0.25) is 0 Å². The first kappa shape index (κ1) is 38.3. The Morgan fingerprint density at radius 2 is 0.803 bits per heavy atom. The van der Waals surface area contributed by atoms with Crippen molar-refractivity contribution in [1.82, 2.24) is 18.3 Å². The topological polar surface area (TPSA) is 27.5 Å². The molecule has 0 aliphatic rings. The smallest absolute Gasteiger partial charge is 0.178 e. The van der Waals surface area contributed by atoms with Gasteiger partial charge in [0.25, 0.3) is 0 Å². The summed E-state index contributed by atoms with van der Waals surface area (Å²) in [5.41, 5.74) is 15.4. The average Bonchev–Trinajstić information content (AvgIpc) is 4.03. The van der Waals surface area contributed by atoms with E-state index < -0.39 is 0 Å². The fourth-order valence-electron chi connectivity index (χ4n) is 9.61. The first-order valence-corrected chi connectivity index (χ1v) is 21.8. The second-order valence-electron chi connectivity index (χ2n) is 16.8. The molecular weight excluding hydrogens is 745 g/mol. The second kappa shape index (κ2) is 16.3. The highest BCUT2D eigenvalue weighted by molar-refractivity contribution is 6.06. The summed E-state index contributed by atoms with van der Waals surface area (Å²) in [4.78, 5) is 0. The fourth-order valence-corrected chi connectivity index (χ4v) is 9.61. The Balaban J connectivity index is 0.751. The van der Waals surface area contributed by atoms with Gasteiger partial charge in [-0.25, -0.2) is 9.13 Å². The summed E-state index contributed by atoms with van der Waals surface area (Å²) >= 11 is 0. The third kappa shape index (κ3) is 7.37. The van der Waals surface area contributed by atoms with E-state index in [9.17, 15) is 0 Å². The van der Waals surface area contributed by atoms with Crippen molar-refractivity contribution in [2.75, 3.05) is 0 Å². The van der Waals surface area contributed by atoms with E-state index in [0.29, 0.717) is 0 Å². The van der Waals surface area contributed by atoms with Crippen LogP contribution in [0, 0.1) is 13.8 Å². The molecule has 0 aliphatic heterocycles. The van der Waals surface area contributed by atoms with E-state index in [1.54, 1.807) is 0 Å². The minimum absolute atomic E-state index is 0.963. The zero-order valence-corrected chi connectivity index (χ0v) is 35.8. The maximum atomic E-state index is 2.46. The zero-order valence-electron chi connectivity index (χ0n) is 35.8. The molecule has 61 heavy (non-hydrogen) atoms. The Morgan fingerprint density at radius 1 is 0.426 bits per heavy atom. The lowest BCUT2D eigenvalue weighted by atomic mass is 10.0. The number of aryl methyl sites for hydroxylation is 8. The van der Waals surface area contributed by atoms with Gasteiger partial charge in [-0.05, 0) is 41.8 Å². The number of benzene rings is 4. The summed E-state index contributed by atoms with van der Waals surface area (Å²) < 4.78 is 14.2. The minimum atomic E-state index is 0.963. The van der Waals surface area contributed by atoms with Crippen LogP contribution in [0.3, 0.4) is 0 Å². The lowest BCUT2D eigenvalue weighted by Gasteiger charge is -2.06. The summed E-state index contributed by atoms with van der Waals surface area (Å²) in [7, 11) is 4.28. The summed E-state index contributed by atoms with van der Waals surface area (Å²) in [6, 6.07) is 44.2. The van der Waals surface area contributed by atoms with Crippen LogP contribution in [-0.2, 0) is 40.3 Å². The number of aromatic nitrogens is 6. The first-order chi connectivity index (χ1) is 29.9. The molecule has 0 aliphatic carbocycles. The number of hydrogen-bond donors (Lipinski definition) is 0. The van der Waals surface area contributed by atoms with Crippen molar-refractivity contribution in [3.8, 4) is 22.3 Å². The molecule has 302 valence electrons. The molecule has 10 rings (SSSR count). The molecule has 0 spiro atoms. The average molecular weight is 799 g/mol.